The summed E-state index contributed by atoms with van der Waals surface area (Å²) in [5.41, 5.74) is 9.23. The third-order valence-electron chi connectivity index (χ3n) is 4.84. The topological polar surface area (TPSA) is 38.5 Å². The van der Waals surface area contributed by atoms with Gasteiger partial charge in [-0.1, -0.05) is 18.2 Å². The summed E-state index contributed by atoms with van der Waals surface area (Å²) in [6.07, 6.45) is 3.34. The van der Waals surface area contributed by atoms with Gasteiger partial charge in [-0.3, -0.25) is 0 Å². The Morgan fingerprint density at radius 1 is 1.32 bits per heavy atom. The molecule has 19 heavy (non-hydrogen) atoms. The first-order valence-corrected chi connectivity index (χ1v) is 7.36. The molecule has 2 aliphatic rings. The number of nitrogens with two attached hydrogens (primary N) is 1. The van der Waals surface area contributed by atoms with E-state index in [1.165, 1.54) is 11.3 Å². The van der Waals surface area contributed by atoms with Crippen LogP contribution in [0.25, 0.3) is 0 Å². The van der Waals surface area contributed by atoms with Gasteiger partial charge in [-0.25, -0.2) is 0 Å². The van der Waals surface area contributed by atoms with E-state index in [1.54, 1.807) is 0 Å². The van der Waals surface area contributed by atoms with E-state index in [0.29, 0.717) is 6.04 Å². The lowest BCUT2D eigenvalue weighted by molar-refractivity contribution is 0.0219. The van der Waals surface area contributed by atoms with Gasteiger partial charge in [-0.15, -0.1) is 0 Å². The lowest BCUT2D eigenvalue weighted by atomic mass is 9.79. The van der Waals surface area contributed by atoms with Crippen LogP contribution < -0.4 is 10.6 Å². The van der Waals surface area contributed by atoms with Crippen molar-refractivity contribution in [3.05, 3.63) is 29.8 Å². The third kappa shape index (κ3) is 2.37. The van der Waals surface area contributed by atoms with Gasteiger partial charge in [0.15, 0.2) is 0 Å². The zero-order chi connectivity index (χ0) is 13.3. The van der Waals surface area contributed by atoms with Gasteiger partial charge in [0, 0.05) is 36.9 Å². The zero-order valence-corrected chi connectivity index (χ0v) is 11.8. The molecule has 2 heterocycles. The molecule has 0 aromatic heterocycles. The molecule has 1 unspecified atom stereocenters. The van der Waals surface area contributed by atoms with Crippen LogP contribution in [-0.2, 0) is 11.2 Å². The molecule has 1 aromatic carbocycles. The number of benzene rings is 1. The van der Waals surface area contributed by atoms with Crippen molar-refractivity contribution in [2.75, 3.05) is 31.2 Å². The molecule has 1 atom stereocenters. The maximum Gasteiger partial charge on any atom is 0.0472 e. The maximum atomic E-state index is 6.10. The van der Waals surface area contributed by atoms with Crippen LogP contribution in [0.4, 0.5) is 5.69 Å². The van der Waals surface area contributed by atoms with Crippen LogP contribution in [0.2, 0.25) is 0 Å². The predicted octanol–water partition coefficient (Wildman–Crippen LogP) is 2.19. The molecular weight excluding hydrogens is 236 g/mol. The summed E-state index contributed by atoms with van der Waals surface area (Å²) in [5.74, 6) is 0. The number of nitrogens with zero attached hydrogens (tertiary/aromatic N) is 1. The van der Waals surface area contributed by atoms with E-state index in [1.807, 2.05) is 0 Å². The molecule has 2 N–H and O–H groups in total. The Morgan fingerprint density at radius 2 is 2.05 bits per heavy atom. The quantitative estimate of drug-likeness (QED) is 0.905. The minimum Gasteiger partial charge on any atom is -0.381 e. The molecule has 0 radical (unpaired) electrons. The molecule has 0 bridgehead atoms. The molecule has 1 fully saturated rings. The van der Waals surface area contributed by atoms with E-state index >= 15 is 0 Å². The van der Waals surface area contributed by atoms with Gasteiger partial charge in [0.25, 0.3) is 0 Å². The van der Waals surface area contributed by atoms with Crippen molar-refractivity contribution in [2.24, 2.45) is 11.1 Å². The van der Waals surface area contributed by atoms with Gasteiger partial charge in [-0.05, 0) is 44.4 Å². The van der Waals surface area contributed by atoms with Crippen molar-refractivity contribution < 1.29 is 4.74 Å². The van der Waals surface area contributed by atoms with E-state index < -0.39 is 0 Å². The van der Waals surface area contributed by atoms with Crippen molar-refractivity contribution in [1.82, 2.24) is 0 Å². The van der Waals surface area contributed by atoms with Crippen molar-refractivity contribution >= 4 is 5.69 Å². The number of anilines is 1. The first kappa shape index (κ1) is 12.9. The molecule has 0 saturated carbocycles. The van der Waals surface area contributed by atoms with Gasteiger partial charge < -0.3 is 15.4 Å². The van der Waals surface area contributed by atoms with Crippen molar-refractivity contribution in [3.8, 4) is 0 Å². The monoisotopic (exact) mass is 260 g/mol. The number of hydrogen-bond donors (Lipinski definition) is 1. The Balaban J connectivity index is 1.82. The van der Waals surface area contributed by atoms with Gasteiger partial charge in [-0.2, -0.15) is 0 Å². The zero-order valence-electron chi connectivity index (χ0n) is 11.8. The largest absolute Gasteiger partial charge is 0.381 e. The number of para-hydroxylation sites is 1. The molecule has 0 spiro atoms. The van der Waals surface area contributed by atoms with Crippen LogP contribution in [0.15, 0.2) is 24.3 Å². The Morgan fingerprint density at radius 3 is 2.79 bits per heavy atom. The van der Waals surface area contributed by atoms with Crippen LogP contribution in [0, 0.1) is 5.41 Å². The SMILES string of the molecule is CC1Cc2ccccc2N1CC1(CN)CCOCC1. The van der Waals surface area contributed by atoms with Crippen LogP contribution in [0.3, 0.4) is 0 Å². The van der Waals surface area contributed by atoms with E-state index in [9.17, 15) is 0 Å². The molecule has 0 amide bonds. The molecule has 2 aliphatic heterocycles. The molecule has 1 saturated heterocycles. The van der Waals surface area contributed by atoms with Crippen molar-refractivity contribution in [2.45, 2.75) is 32.2 Å². The fourth-order valence-electron chi connectivity index (χ4n) is 3.46. The van der Waals surface area contributed by atoms with Crippen LogP contribution in [0.5, 0.6) is 0 Å². The highest BCUT2D eigenvalue weighted by Gasteiger charge is 2.37. The van der Waals surface area contributed by atoms with E-state index in [4.69, 9.17) is 10.5 Å². The molecular formula is C16H24N2O. The summed E-state index contributed by atoms with van der Waals surface area (Å²) in [4.78, 5) is 2.56. The Labute approximate surface area is 115 Å². The van der Waals surface area contributed by atoms with E-state index in [2.05, 4.69) is 36.1 Å². The van der Waals surface area contributed by atoms with E-state index in [-0.39, 0.29) is 5.41 Å². The van der Waals surface area contributed by atoms with Gasteiger partial charge in [0.2, 0.25) is 0 Å². The minimum absolute atomic E-state index is 0.240. The predicted molar refractivity (Wildman–Crippen MR) is 78.5 cm³/mol. The first-order chi connectivity index (χ1) is 9.24. The number of hydrogen-bond acceptors (Lipinski definition) is 3. The number of rotatable bonds is 3. The second-order valence-corrected chi connectivity index (χ2v) is 6.13. The Kier molecular flexibility index (Phi) is 3.50. The second kappa shape index (κ2) is 5.14. The molecule has 3 nitrogen and oxygen atoms in total. The highest BCUT2D eigenvalue weighted by molar-refractivity contribution is 5.59. The lowest BCUT2D eigenvalue weighted by Gasteiger charge is -2.41. The Bertz CT molecular complexity index is 440. The summed E-state index contributed by atoms with van der Waals surface area (Å²) >= 11 is 0. The average Bonchev–Trinajstić information content (AvgIpc) is 2.76. The number of ether oxygens (including phenoxy) is 1. The van der Waals surface area contributed by atoms with Gasteiger partial charge in [0.05, 0.1) is 0 Å². The highest BCUT2D eigenvalue weighted by Crippen LogP contribution is 2.37. The second-order valence-electron chi connectivity index (χ2n) is 6.13. The van der Waals surface area contributed by atoms with Gasteiger partial charge in [0.1, 0.15) is 0 Å². The lowest BCUT2D eigenvalue weighted by Crippen LogP contribution is -2.47. The van der Waals surface area contributed by atoms with E-state index in [0.717, 1.165) is 45.6 Å². The fraction of sp³-hybridized carbons (Fsp3) is 0.625. The first-order valence-electron chi connectivity index (χ1n) is 7.36. The van der Waals surface area contributed by atoms with Crippen molar-refractivity contribution in [3.63, 3.8) is 0 Å². The van der Waals surface area contributed by atoms with Crippen molar-refractivity contribution in [1.29, 1.82) is 0 Å². The summed E-state index contributed by atoms with van der Waals surface area (Å²) in [7, 11) is 0. The summed E-state index contributed by atoms with van der Waals surface area (Å²) in [6, 6.07) is 9.38. The molecule has 3 rings (SSSR count). The summed E-state index contributed by atoms with van der Waals surface area (Å²) in [6.45, 7) is 5.89. The van der Waals surface area contributed by atoms with Crippen LogP contribution in [-0.4, -0.2) is 32.3 Å². The maximum absolute atomic E-state index is 6.10. The Hall–Kier alpha value is -1.06. The minimum atomic E-state index is 0.240. The number of fused-ring (bicyclic) bond motifs is 1. The normalized spacial score (nSPS) is 25.4. The smallest absolute Gasteiger partial charge is 0.0472 e. The molecule has 0 aliphatic carbocycles. The summed E-state index contributed by atoms with van der Waals surface area (Å²) < 4.78 is 5.51. The fourth-order valence-corrected chi connectivity index (χ4v) is 3.46. The molecule has 104 valence electrons. The van der Waals surface area contributed by atoms with Crippen LogP contribution in [0.1, 0.15) is 25.3 Å². The highest BCUT2D eigenvalue weighted by atomic mass is 16.5. The molecule has 3 heteroatoms. The standard InChI is InChI=1S/C16H24N2O/c1-13-10-14-4-2-3-5-15(14)18(13)12-16(11-17)6-8-19-9-7-16/h2-5,13H,6-12,17H2,1H3. The molecule has 1 aromatic rings. The van der Waals surface area contributed by atoms with Gasteiger partial charge >= 0.3 is 0 Å². The average molecular weight is 260 g/mol. The van der Waals surface area contributed by atoms with Crippen LogP contribution >= 0.6 is 0 Å². The summed E-state index contributed by atoms with van der Waals surface area (Å²) in [5, 5.41) is 0. The third-order valence-corrected chi connectivity index (χ3v) is 4.84.